The Hall–Kier alpha value is -1.67. The maximum atomic E-state index is 11.7. The van der Waals surface area contributed by atoms with Gasteiger partial charge in [0.05, 0.1) is 4.92 Å². The number of hydrogen-bond donors (Lipinski definition) is 2. The number of hydrogen-bond acceptors (Lipinski definition) is 5. The molecule has 1 amide bonds. The summed E-state index contributed by atoms with van der Waals surface area (Å²) in [5.41, 5.74) is 5.45. The average molecular weight is 290 g/mol. The molecular formula is C10H16ClN5O3. The zero-order valence-electron chi connectivity index (χ0n) is 10.2. The molecule has 2 rings (SSSR count). The lowest BCUT2D eigenvalue weighted by Crippen LogP contribution is -2.43. The van der Waals surface area contributed by atoms with Crippen LogP contribution in [0.2, 0.25) is 0 Å². The first-order chi connectivity index (χ1) is 8.60. The van der Waals surface area contributed by atoms with Crippen LogP contribution in [0.4, 0.5) is 5.69 Å². The highest BCUT2D eigenvalue weighted by Crippen LogP contribution is 2.32. The van der Waals surface area contributed by atoms with Gasteiger partial charge >= 0.3 is 5.69 Å². The number of carbonyl (C=O) groups is 1. The predicted molar refractivity (Wildman–Crippen MR) is 69.8 cm³/mol. The van der Waals surface area contributed by atoms with E-state index in [1.54, 1.807) is 0 Å². The molecule has 1 fully saturated rings. The monoisotopic (exact) mass is 289 g/mol. The zero-order chi connectivity index (χ0) is 13.1. The molecule has 0 spiro atoms. The third-order valence-electron chi connectivity index (χ3n) is 2.93. The summed E-state index contributed by atoms with van der Waals surface area (Å²) in [5.74, 6) is 0.251. The summed E-state index contributed by atoms with van der Waals surface area (Å²) in [6, 6.07) is 0.00282. The summed E-state index contributed by atoms with van der Waals surface area (Å²) in [6.45, 7) is 0.382. The van der Waals surface area contributed by atoms with E-state index in [1.165, 1.54) is 10.9 Å². The lowest BCUT2D eigenvalue weighted by atomic mass is 10.2. The third-order valence-corrected chi connectivity index (χ3v) is 2.93. The van der Waals surface area contributed by atoms with Crippen LogP contribution in [0.15, 0.2) is 12.4 Å². The standard InChI is InChI=1S/C10H15N5O3.ClH/c11-3-9(7-1-2-7)13-10(16)6-14-5-8(4-12-14)15(17)18;/h4-5,7,9H,1-3,6,11H2,(H,13,16);1H. The summed E-state index contributed by atoms with van der Waals surface area (Å²) < 4.78 is 1.24. The molecule has 1 aliphatic carbocycles. The quantitative estimate of drug-likeness (QED) is 0.568. The van der Waals surface area contributed by atoms with Gasteiger partial charge in [-0.25, -0.2) is 0 Å². The van der Waals surface area contributed by atoms with Crippen molar-refractivity contribution in [2.45, 2.75) is 25.4 Å². The van der Waals surface area contributed by atoms with Crippen LogP contribution >= 0.6 is 12.4 Å². The molecule has 1 saturated carbocycles. The number of rotatable bonds is 6. The zero-order valence-corrected chi connectivity index (χ0v) is 11.0. The Labute approximate surface area is 115 Å². The van der Waals surface area contributed by atoms with E-state index in [1.807, 2.05) is 0 Å². The summed E-state index contributed by atoms with van der Waals surface area (Å²) >= 11 is 0. The molecule has 0 radical (unpaired) electrons. The summed E-state index contributed by atoms with van der Waals surface area (Å²) in [5, 5.41) is 17.0. The van der Waals surface area contributed by atoms with Gasteiger partial charge in [-0.05, 0) is 18.8 Å². The Morgan fingerprint density at radius 3 is 2.84 bits per heavy atom. The first-order valence-corrected chi connectivity index (χ1v) is 5.76. The third kappa shape index (κ3) is 4.18. The van der Waals surface area contributed by atoms with Crippen LogP contribution < -0.4 is 11.1 Å². The molecular weight excluding hydrogens is 274 g/mol. The molecule has 1 aromatic heterocycles. The molecule has 106 valence electrons. The van der Waals surface area contributed by atoms with Crippen LogP contribution in [0, 0.1) is 16.0 Å². The van der Waals surface area contributed by atoms with Gasteiger partial charge in [0.15, 0.2) is 0 Å². The summed E-state index contributed by atoms with van der Waals surface area (Å²) in [4.78, 5) is 21.6. The second-order valence-electron chi connectivity index (χ2n) is 4.40. The largest absolute Gasteiger partial charge is 0.350 e. The van der Waals surface area contributed by atoms with Crippen molar-refractivity contribution in [1.29, 1.82) is 0 Å². The van der Waals surface area contributed by atoms with Crippen LogP contribution in [-0.2, 0) is 11.3 Å². The van der Waals surface area contributed by atoms with Gasteiger partial charge in [0.25, 0.3) is 0 Å². The number of nitrogens with one attached hydrogen (secondary N) is 1. The Morgan fingerprint density at radius 2 is 2.37 bits per heavy atom. The van der Waals surface area contributed by atoms with Crippen molar-refractivity contribution in [3.8, 4) is 0 Å². The average Bonchev–Trinajstić information content (AvgIpc) is 3.06. The van der Waals surface area contributed by atoms with E-state index in [9.17, 15) is 14.9 Å². The number of amides is 1. The van der Waals surface area contributed by atoms with E-state index in [-0.39, 0.29) is 36.6 Å². The molecule has 0 aromatic carbocycles. The molecule has 0 saturated heterocycles. The fourth-order valence-corrected chi connectivity index (χ4v) is 1.80. The molecule has 1 aliphatic rings. The molecule has 0 aliphatic heterocycles. The molecule has 1 aromatic rings. The first kappa shape index (κ1) is 15.4. The van der Waals surface area contributed by atoms with Crippen molar-refractivity contribution in [2.75, 3.05) is 6.54 Å². The molecule has 8 nitrogen and oxygen atoms in total. The Kier molecular flexibility index (Phi) is 5.25. The normalized spacial score (nSPS) is 15.4. The molecule has 0 bridgehead atoms. The maximum absolute atomic E-state index is 11.7. The smallest absolute Gasteiger partial charge is 0.307 e. The van der Waals surface area contributed by atoms with E-state index >= 15 is 0 Å². The highest BCUT2D eigenvalue weighted by Gasteiger charge is 2.31. The van der Waals surface area contributed by atoms with Crippen LogP contribution in [0.5, 0.6) is 0 Å². The van der Waals surface area contributed by atoms with Crippen LogP contribution in [0.25, 0.3) is 0 Å². The molecule has 1 heterocycles. The summed E-state index contributed by atoms with van der Waals surface area (Å²) in [7, 11) is 0. The maximum Gasteiger partial charge on any atom is 0.307 e. The molecule has 9 heteroatoms. The number of carbonyl (C=O) groups excluding carboxylic acids is 1. The van der Waals surface area contributed by atoms with Gasteiger partial charge in [-0.3, -0.25) is 19.6 Å². The second-order valence-corrected chi connectivity index (χ2v) is 4.40. The van der Waals surface area contributed by atoms with Gasteiger partial charge in [-0.1, -0.05) is 0 Å². The van der Waals surface area contributed by atoms with Gasteiger partial charge in [-0.2, -0.15) is 5.10 Å². The minimum Gasteiger partial charge on any atom is -0.350 e. The second kappa shape index (κ2) is 6.48. The fourth-order valence-electron chi connectivity index (χ4n) is 1.80. The number of nitrogens with two attached hydrogens (primary N) is 1. The van der Waals surface area contributed by atoms with Gasteiger partial charge < -0.3 is 11.1 Å². The molecule has 1 unspecified atom stereocenters. The topological polar surface area (TPSA) is 116 Å². The minimum atomic E-state index is -0.547. The minimum absolute atomic E-state index is 0. The van der Waals surface area contributed by atoms with Gasteiger partial charge in [0, 0.05) is 12.6 Å². The van der Waals surface area contributed by atoms with E-state index in [0.717, 1.165) is 19.0 Å². The van der Waals surface area contributed by atoms with Crippen molar-refractivity contribution in [2.24, 2.45) is 11.7 Å². The lowest BCUT2D eigenvalue weighted by molar-refractivity contribution is -0.385. The fraction of sp³-hybridized carbons (Fsp3) is 0.600. The first-order valence-electron chi connectivity index (χ1n) is 5.76. The number of halogens is 1. The van der Waals surface area contributed by atoms with Gasteiger partial charge in [0.1, 0.15) is 18.9 Å². The number of nitrogens with zero attached hydrogens (tertiary/aromatic N) is 3. The molecule has 19 heavy (non-hydrogen) atoms. The van der Waals surface area contributed by atoms with Crippen molar-refractivity contribution in [3.63, 3.8) is 0 Å². The molecule has 3 N–H and O–H groups in total. The van der Waals surface area contributed by atoms with Gasteiger partial charge in [0.2, 0.25) is 5.91 Å². The van der Waals surface area contributed by atoms with Crippen LogP contribution in [0.3, 0.4) is 0 Å². The van der Waals surface area contributed by atoms with Crippen LogP contribution in [0.1, 0.15) is 12.8 Å². The van der Waals surface area contributed by atoms with Gasteiger partial charge in [-0.15, -0.1) is 12.4 Å². The number of aromatic nitrogens is 2. The van der Waals surface area contributed by atoms with E-state index in [0.29, 0.717) is 12.5 Å². The Balaban J connectivity index is 0.00000180. The highest BCUT2D eigenvalue weighted by molar-refractivity contribution is 5.85. The van der Waals surface area contributed by atoms with Crippen molar-refractivity contribution < 1.29 is 9.72 Å². The lowest BCUT2D eigenvalue weighted by Gasteiger charge is -2.15. The van der Waals surface area contributed by atoms with E-state index in [4.69, 9.17) is 5.73 Å². The number of nitro groups is 1. The highest BCUT2D eigenvalue weighted by atomic mass is 35.5. The Morgan fingerprint density at radius 1 is 1.68 bits per heavy atom. The molecule has 1 atom stereocenters. The van der Waals surface area contributed by atoms with E-state index < -0.39 is 4.92 Å². The van der Waals surface area contributed by atoms with Crippen molar-refractivity contribution in [3.05, 3.63) is 22.5 Å². The summed E-state index contributed by atoms with van der Waals surface area (Å²) in [6.07, 6.45) is 4.54. The van der Waals surface area contributed by atoms with Crippen LogP contribution in [-0.4, -0.2) is 33.2 Å². The van der Waals surface area contributed by atoms with Crippen molar-refractivity contribution in [1.82, 2.24) is 15.1 Å². The van der Waals surface area contributed by atoms with Crippen molar-refractivity contribution >= 4 is 24.0 Å². The SMILES string of the molecule is Cl.NCC(NC(=O)Cn1cc([N+](=O)[O-])cn1)C1CC1. The predicted octanol–water partition coefficient (Wildman–Crippen LogP) is 0.0666. The van der Waals surface area contributed by atoms with E-state index in [2.05, 4.69) is 10.4 Å². The Bertz CT molecular complexity index is 460.